The molecular weight excluding hydrogens is 347 g/mol. The molecule has 1 aromatic carbocycles. The Morgan fingerprint density at radius 3 is 2.78 bits per heavy atom. The lowest BCUT2D eigenvalue weighted by Gasteiger charge is -2.22. The number of hydrogen-bond acceptors (Lipinski definition) is 5. The van der Waals surface area contributed by atoms with E-state index in [-0.39, 0.29) is 18.1 Å². The number of hydrogen-bond donors (Lipinski definition) is 0. The van der Waals surface area contributed by atoms with Crippen molar-refractivity contribution < 1.29 is 13.7 Å². The Balaban J connectivity index is 1.61. The highest BCUT2D eigenvalue weighted by Gasteiger charge is 2.18. The highest BCUT2D eigenvalue weighted by Crippen LogP contribution is 2.20. The number of likely N-dealkylation sites (N-methyl/N-ethyl adjacent to an activating group) is 1. The summed E-state index contributed by atoms with van der Waals surface area (Å²) in [5.41, 5.74) is 1.79. The Morgan fingerprint density at radius 1 is 1.33 bits per heavy atom. The first-order chi connectivity index (χ1) is 13.1. The first-order valence-electron chi connectivity index (χ1n) is 9.33. The predicted octanol–water partition coefficient (Wildman–Crippen LogP) is 3.30. The van der Waals surface area contributed by atoms with E-state index in [0.717, 1.165) is 31.5 Å². The van der Waals surface area contributed by atoms with Crippen molar-refractivity contribution in [2.24, 2.45) is 0 Å². The van der Waals surface area contributed by atoms with Gasteiger partial charge in [0.05, 0.1) is 0 Å². The zero-order valence-electron chi connectivity index (χ0n) is 15.8. The minimum atomic E-state index is -0.316. The van der Waals surface area contributed by atoms with Gasteiger partial charge in [-0.15, -0.1) is 0 Å². The highest BCUT2D eigenvalue weighted by atomic mass is 19.1. The molecule has 1 aliphatic heterocycles. The molecule has 2 aromatic rings. The van der Waals surface area contributed by atoms with Gasteiger partial charge >= 0.3 is 0 Å². The van der Waals surface area contributed by atoms with E-state index in [2.05, 4.69) is 28.2 Å². The summed E-state index contributed by atoms with van der Waals surface area (Å²) < 4.78 is 18.5. The van der Waals surface area contributed by atoms with Gasteiger partial charge < -0.3 is 14.3 Å². The summed E-state index contributed by atoms with van der Waals surface area (Å²) in [5.74, 6) is 0.731. The lowest BCUT2D eigenvalue weighted by Crippen LogP contribution is -2.31. The summed E-state index contributed by atoms with van der Waals surface area (Å²) in [6.45, 7) is 4.43. The molecule has 0 saturated carbocycles. The van der Waals surface area contributed by atoms with Crippen LogP contribution in [0.5, 0.6) is 0 Å². The molecule has 0 N–H and O–H groups in total. The molecule has 0 unspecified atom stereocenters. The summed E-state index contributed by atoms with van der Waals surface area (Å²) in [6, 6.07) is 5.98. The van der Waals surface area contributed by atoms with Crippen molar-refractivity contribution in [2.45, 2.75) is 32.6 Å². The minimum Gasteiger partial charge on any atom is -0.339 e. The third-order valence-electron chi connectivity index (χ3n) is 4.61. The quantitative estimate of drug-likeness (QED) is 0.746. The number of carbonyl (C=O) groups excluding carboxylic acids is 1. The van der Waals surface area contributed by atoms with E-state index >= 15 is 0 Å². The van der Waals surface area contributed by atoms with Crippen LogP contribution in [-0.4, -0.2) is 47.6 Å². The molecule has 1 aliphatic rings. The third kappa shape index (κ3) is 5.01. The van der Waals surface area contributed by atoms with Gasteiger partial charge in [-0.25, -0.2) is 4.39 Å². The largest absolute Gasteiger partial charge is 0.339 e. The fourth-order valence-corrected chi connectivity index (χ4v) is 3.05. The van der Waals surface area contributed by atoms with Crippen LogP contribution in [0.3, 0.4) is 0 Å². The number of carbonyl (C=O) groups is 1. The second-order valence-electron chi connectivity index (χ2n) is 6.78. The first kappa shape index (κ1) is 19.2. The summed E-state index contributed by atoms with van der Waals surface area (Å²) in [4.78, 5) is 21.0. The van der Waals surface area contributed by atoms with Crippen molar-refractivity contribution in [3.63, 3.8) is 0 Å². The van der Waals surface area contributed by atoms with Crippen molar-refractivity contribution in [1.82, 2.24) is 15.0 Å². The summed E-state index contributed by atoms with van der Waals surface area (Å²) >= 11 is 0. The average molecular weight is 372 g/mol. The molecule has 0 aliphatic carbocycles. The van der Waals surface area contributed by atoms with E-state index in [1.54, 1.807) is 17.0 Å². The fourth-order valence-electron chi connectivity index (χ4n) is 3.05. The molecule has 7 heteroatoms. The van der Waals surface area contributed by atoms with E-state index in [0.29, 0.717) is 30.4 Å². The monoisotopic (exact) mass is 372 g/mol. The Morgan fingerprint density at radius 2 is 2.11 bits per heavy atom. The van der Waals surface area contributed by atoms with Crippen molar-refractivity contribution in [3.8, 4) is 0 Å². The van der Waals surface area contributed by atoms with Crippen LogP contribution >= 0.6 is 0 Å². The Hall–Kier alpha value is -2.54. The standard InChI is InChI=1S/C20H25FN4O2/c1-3-12-25(17-6-4-16(21)5-7-17)19(26)9-8-18-22-20(23-27-18)15-10-13-24(2)14-11-15/h4-7,10H,3,8-9,11-14H2,1-2H3. The molecule has 27 heavy (non-hydrogen) atoms. The van der Waals surface area contributed by atoms with Crippen molar-refractivity contribution in [2.75, 3.05) is 31.6 Å². The second-order valence-corrected chi connectivity index (χ2v) is 6.78. The number of aromatic nitrogens is 2. The van der Waals surface area contributed by atoms with Gasteiger partial charge in [-0.2, -0.15) is 4.98 Å². The van der Waals surface area contributed by atoms with Crippen LogP contribution in [0, 0.1) is 5.82 Å². The van der Waals surface area contributed by atoms with Gasteiger partial charge in [-0.05, 0) is 49.7 Å². The van der Waals surface area contributed by atoms with Gasteiger partial charge in [0.2, 0.25) is 11.8 Å². The van der Waals surface area contributed by atoms with Crippen LogP contribution in [0.4, 0.5) is 10.1 Å². The van der Waals surface area contributed by atoms with Crippen LogP contribution in [-0.2, 0) is 11.2 Å². The molecule has 0 atom stereocenters. The number of nitrogens with zero attached hydrogens (tertiary/aromatic N) is 4. The van der Waals surface area contributed by atoms with Crippen LogP contribution in [0.25, 0.3) is 5.57 Å². The smallest absolute Gasteiger partial charge is 0.227 e. The predicted molar refractivity (Wildman–Crippen MR) is 102 cm³/mol. The Bertz CT molecular complexity index is 801. The van der Waals surface area contributed by atoms with Crippen LogP contribution in [0.2, 0.25) is 0 Å². The molecule has 0 saturated heterocycles. The molecule has 1 aromatic heterocycles. The first-order valence-corrected chi connectivity index (χ1v) is 9.33. The van der Waals surface area contributed by atoms with Gasteiger partial charge in [-0.1, -0.05) is 18.2 Å². The normalized spacial score (nSPS) is 14.9. The van der Waals surface area contributed by atoms with Gasteiger partial charge in [0.1, 0.15) is 5.82 Å². The molecule has 6 nitrogen and oxygen atoms in total. The average Bonchev–Trinajstić information content (AvgIpc) is 3.15. The van der Waals surface area contributed by atoms with Crippen LogP contribution in [0.15, 0.2) is 34.9 Å². The van der Waals surface area contributed by atoms with Crippen LogP contribution in [0.1, 0.15) is 37.9 Å². The summed E-state index contributed by atoms with van der Waals surface area (Å²) in [6.07, 6.45) is 4.47. The number of aryl methyl sites for hydroxylation is 1. The van der Waals surface area contributed by atoms with Crippen LogP contribution < -0.4 is 4.90 Å². The van der Waals surface area contributed by atoms with E-state index in [4.69, 9.17) is 4.52 Å². The third-order valence-corrected chi connectivity index (χ3v) is 4.61. The highest BCUT2D eigenvalue weighted by molar-refractivity contribution is 5.93. The topological polar surface area (TPSA) is 62.5 Å². The zero-order valence-corrected chi connectivity index (χ0v) is 15.8. The Kier molecular flexibility index (Phi) is 6.34. The number of benzene rings is 1. The maximum absolute atomic E-state index is 13.1. The van der Waals surface area contributed by atoms with Gasteiger partial charge in [0, 0.05) is 38.2 Å². The number of halogens is 1. The fraction of sp³-hybridized carbons (Fsp3) is 0.450. The molecule has 0 spiro atoms. The Labute approximate surface area is 158 Å². The number of anilines is 1. The van der Waals surface area contributed by atoms with Gasteiger partial charge in [0.25, 0.3) is 0 Å². The summed E-state index contributed by atoms with van der Waals surface area (Å²) in [7, 11) is 2.07. The second kappa shape index (κ2) is 8.90. The zero-order chi connectivity index (χ0) is 19.2. The maximum atomic E-state index is 13.1. The van der Waals surface area contributed by atoms with Crippen molar-refractivity contribution in [3.05, 3.63) is 47.9 Å². The lowest BCUT2D eigenvalue weighted by molar-refractivity contribution is -0.118. The van der Waals surface area contributed by atoms with Gasteiger partial charge in [-0.3, -0.25) is 4.79 Å². The summed E-state index contributed by atoms with van der Waals surface area (Å²) in [5, 5.41) is 4.05. The van der Waals surface area contributed by atoms with E-state index in [1.165, 1.54) is 12.1 Å². The molecule has 1 amide bonds. The van der Waals surface area contributed by atoms with Crippen molar-refractivity contribution in [1.29, 1.82) is 0 Å². The number of amides is 1. The van der Waals surface area contributed by atoms with Crippen molar-refractivity contribution >= 4 is 17.2 Å². The molecule has 144 valence electrons. The maximum Gasteiger partial charge on any atom is 0.227 e. The van der Waals surface area contributed by atoms with E-state index in [1.807, 2.05) is 6.92 Å². The number of rotatable bonds is 7. The molecule has 3 rings (SSSR count). The molecule has 0 radical (unpaired) electrons. The van der Waals surface area contributed by atoms with Gasteiger partial charge in [0.15, 0.2) is 5.82 Å². The lowest BCUT2D eigenvalue weighted by atomic mass is 10.1. The van der Waals surface area contributed by atoms with E-state index < -0.39 is 0 Å². The SMILES string of the molecule is CCCN(C(=O)CCc1nc(C2=CCN(C)CC2)no1)c1ccc(F)cc1. The molecule has 0 fully saturated rings. The molecular formula is C20H25FN4O2. The molecule has 0 bridgehead atoms. The minimum absolute atomic E-state index is 0.0401. The van der Waals surface area contributed by atoms with E-state index in [9.17, 15) is 9.18 Å². The molecule has 2 heterocycles.